The molecule has 7 aromatic rings. The highest BCUT2D eigenvalue weighted by Crippen LogP contribution is 2.35. The third-order valence-electron chi connectivity index (χ3n) is 7.13. The predicted octanol–water partition coefficient (Wildman–Crippen LogP) is 5.54. The number of pyridine rings is 1. The number of fused-ring (bicyclic) bond motifs is 2. The van der Waals surface area contributed by atoms with Gasteiger partial charge in [0.1, 0.15) is 34.9 Å². The lowest BCUT2D eigenvalue weighted by Gasteiger charge is -2.16. The largest absolute Gasteiger partial charge is 0.490 e. The predicted molar refractivity (Wildman–Crippen MR) is 169 cm³/mol. The van der Waals surface area contributed by atoms with Crippen LogP contribution >= 0.6 is 11.3 Å². The van der Waals surface area contributed by atoms with Crippen molar-refractivity contribution in [2.24, 2.45) is 0 Å². The molecule has 0 saturated carbocycles. The summed E-state index contributed by atoms with van der Waals surface area (Å²) in [4.78, 5) is 32.7. The molecule has 0 unspecified atom stereocenters. The Labute approximate surface area is 249 Å². The SMILES string of the molecule is Cc1cc(-n2ccnc2)cc2[nH]c(-c3c(NC[C@H](O)COc4ccccc4-c4nc5ccccc5s4)cc[nH]c3=O)nc12. The van der Waals surface area contributed by atoms with E-state index >= 15 is 0 Å². The van der Waals surface area contributed by atoms with E-state index in [1.165, 1.54) is 0 Å². The van der Waals surface area contributed by atoms with Crippen molar-refractivity contribution in [2.45, 2.75) is 13.0 Å². The fourth-order valence-electron chi connectivity index (χ4n) is 5.04. The highest BCUT2D eigenvalue weighted by molar-refractivity contribution is 7.21. The number of nitrogens with zero attached hydrogens (tertiary/aromatic N) is 4. The number of rotatable bonds is 9. The van der Waals surface area contributed by atoms with Gasteiger partial charge in [-0.2, -0.15) is 0 Å². The summed E-state index contributed by atoms with van der Waals surface area (Å²) in [7, 11) is 0. The van der Waals surface area contributed by atoms with E-state index < -0.39 is 6.10 Å². The van der Waals surface area contributed by atoms with E-state index in [1.54, 1.807) is 36.1 Å². The van der Waals surface area contributed by atoms with Crippen LogP contribution in [0, 0.1) is 6.92 Å². The molecule has 0 radical (unpaired) electrons. The van der Waals surface area contributed by atoms with Crippen LogP contribution in [0.3, 0.4) is 0 Å². The van der Waals surface area contributed by atoms with Gasteiger partial charge in [-0.15, -0.1) is 11.3 Å². The van der Waals surface area contributed by atoms with E-state index in [0.717, 1.165) is 43.1 Å². The fourth-order valence-corrected chi connectivity index (χ4v) is 6.04. The molecule has 0 aliphatic carbocycles. The summed E-state index contributed by atoms with van der Waals surface area (Å²) in [6, 6.07) is 21.4. The third kappa shape index (κ3) is 5.27. The average Bonchev–Trinajstić information content (AvgIpc) is 3.79. The maximum Gasteiger partial charge on any atom is 0.261 e. The number of aliphatic hydroxyl groups excluding tert-OH is 1. The second kappa shape index (κ2) is 11.2. The lowest BCUT2D eigenvalue weighted by atomic mass is 10.2. The molecular weight excluding hydrogens is 562 g/mol. The van der Waals surface area contributed by atoms with Crippen LogP contribution in [0.5, 0.6) is 5.75 Å². The molecule has 0 saturated heterocycles. The van der Waals surface area contributed by atoms with Crippen LogP contribution in [0.4, 0.5) is 5.69 Å². The summed E-state index contributed by atoms with van der Waals surface area (Å²) < 4.78 is 9.07. The van der Waals surface area contributed by atoms with Crippen molar-refractivity contribution in [1.82, 2.24) is 29.5 Å². The van der Waals surface area contributed by atoms with E-state index in [4.69, 9.17) is 14.7 Å². The zero-order chi connectivity index (χ0) is 29.3. The van der Waals surface area contributed by atoms with E-state index in [9.17, 15) is 9.90 Å². The number of aromatic amines is 2. The van der Waals surface area contributed by atoms with Crippen molar-refractivity contribution < 1.29 is 9.84 Å². The van der Waals surface area contributed by atoms with E-state index in [1.807, 2.05) is 78.4 Å². The Morgan fingerprint density at radius 1 is 1.09 bits per heavy atom. The summed E-state index contributed by atoms with van der Waals surface area (Å²) in [6.07, 6.45) is 6.04. The molecular formula is C32H27N7O3S. The number of imidazole rings is 2. The van der Waals surface area contributed by atoms with Crippen molar-refractivity contribution in [1.29, 1.82) is 0 Å². The third-order valence-corrected chi connectivity index (χ3v) is 8.20. The number of H-pyrrole nitrogens is 2. The molecule has 0 spiro atoms. The minimum Gasteiger partial charge on any atom is -0.490 e. The Bertz CT molecular complexity index is 2080. The standard InChI is InChI=1S/C32H27N7O3S/c1-19-14-20(39-13-12-33-18-39)15-25-29(19)38-30(36-25)28-24(10-11-34-31(28)41)35-16-21(40)17-42-26-8-4-2-6-22(26)32-37-23-7-3-5-9-27(23)43-32/h2-15,18,21,40H,16-17H2,1H3,(H,36,38)(H2,34,35,41)/t21-/m0/s1. The number of benzene rings is 3. The molecule has 0 aliphatic rings. The molecule has 0 aliphatic heterocycles. The number of aliphatic hydroxyl groups is 1. The van der Waals surface area contributed by atoms with Gasteiger partial charge in [-0.25, -0.2) is 15.0 Å². The number of para-hydroxylation sites is 2. The van der Waals surface area contributed by atoms with Gasteiger partial charge in [-0.3, -0.25) is 4.79 Å². The van der Waals surface area contributed by atoms with Gasteiger partial charge in [0.05, 0.1) is 38.8 Å². The molecule has 0 fully saturated rings. The Hall–Kier alpha value is -5.26. The number of thiazole rings is 1. The summed E-state index contributed by atoms with van der Waals surface area (Å²) in [6.45, 7) is 2.19. The minimum atomic E-state index is -0.855. The number of ether oxygens (including phenoxy) is 1. The molecule has 10 nitrogen and oxygen atoms in total. The first-order valence-corrected chi connectivity index (χ1v) is 14.6. The maximum absolute atomic E-state index is 13.0. The first kappa shape index (κ1) is 26.6. The Morgan fingerprint density at radius 3 is 2.81 bits per heavy atom. The molecule has 0 bridgehead atoms. The first-order chi connectivity index (χ1) is 21.0. The molecule has 0 amide bonds. The normalized spacial score (nSPS) is 12.1. The molecule has 7 rings (SSSR count). The lowest BCUT2D eigenvalue weighted by Crippen LogP contribution is -2.27. The van der Waals surface area contributed by atoms with Crippen LogP contribution in [0.15, 0.2) is 96.4 Å². The van der Waals surface area contributed by atoms with Crippen LogP contribution in [0.2, 0.25) is 0 Å². The van der Waals surface area contributed by atoms with Gasteiger partial charge in [-0.05, 0) is 55.0 Å². The molecule has 3 aromatic carbocycles. The minimum absolute atomic E-state index is 0.0499. The van der Waals surface area contributed by atoms with Crippen LogP contribution in [0.1, 0.15) is 5.56 Å². The smallest absolute Gasteiger partial charge is 0.261 e. The number of hydrogen-bond donors (Lipinski definition) is 4. The number of aryl methyl sites for hydroxylation is 1. The Morgan fingerprint density at radius 2 is 1.95 bits per heavy atom. The monoisotopic (exact) mass is 589 g/mol. The Balaban J connectivity index is 1.08. The van der Waals surface area contributed by atoms with Crippen LogP contribution in [-0.4, -0.2) is 53.8 Å². The molecule has 11 heteroatoms. The van der Waals surface area contributed by atoms with Gasteiger partial charge in [-0.1, -0.05) is 24.3 Å². The van der Waals surface area contributed by atoms with Gasteiger partial charge in [0.15, 0.2) is 0 Å². The lowest BCUT2D eigenvalue weighted by molar-refractivity contribution is 0.118. The molecule has 214 valence electrons. The van der Waals surface area contributed by atoms with E-state index in [0.29, 0.717) is 22.8 Å². The van der Waals surface area contributed by atoms with E-state index in [2.05, 4.69) is 20.3 Å². The van der Waals surface area contributed by atoms with Crippen LogP contribution < -0.4 is 15.6 Å². The zero-order valence-corrected chi connectivity index (χ0v) is 23.9. The summed E-state index contributed by atoms with van der Waals surface area (Å²) in [5.41, 5.74) is 5.88. The van der Waals surface area contributed by atoms with Crippen molar-refractivity contribution in [3.63, 3.8) is 0 Å². The highest BCUT2D eigenvalue weighted by atomic mass is 32.1. The fraction of sp³-hybridized carbons (Fsp3) is 0.125. The number of aromatic nitrogens is 6. The molecule has 1 atom stereocenters. The van der Waals surface area contributed by atoms with Crippen molar-refractivity contribution in [3.05, 3.63) is 108 Å². The highest BCUT2D eigenvalue weighted by Gasteiger charge is 2.18. The zero-order valence-electron chi connectivity index (χ0n) is 23.1. The van der Waals surface area contributed by atoms with Crippen molar-refractivity contribution >= 4 is 38.3 Å². The number of nitrogens with one attached hydrogen (secondary N) is 3. The summed E-state index contributed by atoms with van der Waals surface area (Å²) in [5, 5.41) is 14.9. The van der Waals surface area contributed by atoms with E-state index in [-0.39, 0.29) is 18.7 Å². The molecule has 4 heterocycles. The van der Waals surface area contributed by atoms with Crippen LogP contribution in [-0.2, 0) is 0 Å². The van der Waals surface area contributed by atoms with Gasteiger partial charge >= 0.3 is 0 Å². The second-order valence-electron chi connectivity index (χ2n) is 10.1. The van der Waals surface area contributed by atoms with Gasteiger partial charge in [0.25, 0.3) is 5.56 Å². The molecule has 43 heavy (non-hydrogen) atoms. The van der Waals surface area contributed by atoms with Crippen molar-refractivity contribution in [2.75, 3.05) is 18.5 Å². The quantitative estimate of drug-likeness (QED) is 0.174. The Kier molecular flexibility index (Phi) is 6.93. The van der Waals surface area contributed by atoms with Gasteiger partial charge < -0.3 is 29.7 Å². The molecule has 4 N–H and O–H groups in total. The summed E-state index contributed by atoms with van der Waals surface area (Å²) in [5.74, 6) is 1.07. The molecule has 4 aromatic heterocycles. The van der Waals surface area contributed by atoms with Gasteiger partial charge in [0, 0.05) is 30.8 Å². The second-order valence-corrected chi connectivity index (χ2v) is 11.2. The van der Waals surface area contributed by atoms with Crippen LogP contribution in [0.25, 0.3) is 48.9 Å². The first-order valence-electron chi connectivity index (χ1n) is 13.7. The number of hydrogen-bond acceptors (Lipinski definition) is 8. The maximum atomic E-state index is 13.0. The van der Waals surface area contributed by atoms with Gasteiger partial charge in [0.2, 0.25) is 0 Å². The topological polar surface area (TPSA) is 134 Å². The van der Waals surface area contributed by atoms with Crippen molar-refractivity contribution in [3.8, 4) is 33.4 Å². The number of anilines is 1. The summed E-state index contributed by atoms with van der Waals surface area (Å²) >= 11 is 1.60. The average molecular weight is 590 g/mol.